The van der Waals surface area contributed by atoms with Gasteiger partial charge in [-0.15, -0.1) is 0 Å². The number of benzene rings is 1. The lowest BCUT2D eigenvalue weighted by Crippen LogP contribution is -2.39. The second kappa shape index (κ2) is 7.92. The first-order valence-electron chi connectivity index (χ1n) is 9.71. The fraction of sp³-hybridized carbons (Fsp3) is 0.190. The van der Waals surface area contributed by atoms with E-state index >= 15 is 0 Å². The highest BCUT2D eigenvalue weighted by atomic mass is 35.5. The van der Waals surface area contributed by atoms with Gasteiger partial charge in [-0.3, -0.25) is 9.48 Å². The number of hydrogen-bond donors (Lipinski definition) is 1. The van der Waals surface area contributed by atoms with Crippen LogP contribution < -0.4 is 10.5 Å². The summed E-state index contributed by atoms with van der Waals surface area (Å²) in [6.07, 6.45) is 4.62. The van der Waals surface area contributed by atoms with Gasteiger partial charge in [0.25, 0.3) is 5.91 Å². The molecule has 1 aliphatic rings. The zero-order chi connectivity index (χ0) is 22.4. The first-order chi connectivity index (χ1) is 15.5. The van der Waals surface area contributed by atoms with Crippen molar-refractivity contribution in [1.82, 2.24) is 29.6 Å². The van der Waals surface area contributed by atoms with Gasteiger partial charge in [0.2, 0.25) is 5.82 Å². The highest BCUT2D eigenvalue weighted by Gasteiger charge is 2.29. The third-order valence-electron chi connectivity index (χ3n) is 5.38. The van der Waals surface area contributed by atoms with Crippen molar-refractivity contribution >= 4 is 45.8 Å². The Balaban J connectivity index is 1.59. The quantitative estimate of drug-likeness (QED) is 0.488. The molecule has 162 valence electrons. The van der Waals surface area contributed by atoms with Crippen molar-refractivity contribution in [3.05, 3.63) is 58.4 Å². The molecule has 9 nitrogen and oxygen atoms in total. The van der Waals surface area contributed by atoms with Gasteiger partial charge in [0, 0.05) is 23.7 Å². The van der Waals surface area contributed by atoms with Gasteiger partial charge in [-0.05, 0) is 23.8 Å². The molecule has 0 spiro atoms. The molecule has 0 fully saturated rings. The molecule has 5 rings (SSSR count). The molecule has 4 heterocycles. The topological polar surface area (TPSA) is 112 Å². The van der Waals surface area contributed by atoms with Crippen LogP contribution in [0.4, 0.5) is 5.82 Å². The van der Waals surface area contributed by atoms with E-state index in [2.05, 4.69) is 20.1 Å². The number of rotatable bonds is 3. The van der Waals surface area contributed by atoms with E-state index in [1.54, 1.807) is 23.2 Å². The Kier molecular flexibility index (Phi) is 5.07. The fourth-order valence-corrected chi connectivity index (χ4v) is 4.15. The molecule has 0 saturated carbocycles. The number of ether oxygens (including phenoxy) is 1. The maximum Gasteiger partial charge on any atom is 0.292 e. The molecule has 4 aromatic rings. The van der Waals surface area contributed by atoms with E-state index in [0.717, 1.165) is 22.2 Å². The van der Waals surface area contributed by atoms with Gasteiger partial charge in [-0.25, -0.2) is 15.0 Å². The number of anilines is 1. The summed E-state index contributed by atoms with van der Waals surface area (Å²) in [7, 11) is 1.52. The Morgan fingerprint density at radius 2 is 1.91 bits per heavy atom. The van der Waals surface area contributed by atoms with Gasteiger partial charge in [0.05, 0.1) is 48.3 Å². The molecule has 0 atom stereocenters. The molecular formula is C21H17Cl2N7O2. The van der Waals surface area contributed by atoms with E-state index in [4.69, 9.17) is 33.7 Å². The van der Waals surface area contributed by atoms with Gasteiger partial charge in [0.1, 0.15) is 11.3 Å². The van der Waals surface area contributed by atoms with Crippen molar-refractivity contribution in [3.63, 3.8) is 0 Å². The average molecular weight is 470 g/mol. The summed E-state index contributed by atoms with van der Waals surface area (Å²) in [5.41, 5.74) is 8.81. The van der Waals surface area contributed by atoms with Gasteiger partial charge in [-0.2, -0.15) is 5.10 Å². The minimum Gasteiger partial charge on any atom is -0.494 e. The van der Waals surface area contributed by atoms with Crippen LogP contribution in [-0.4, -0.2) is 49.2 Å². The van der Waals surface area contributed by atoms with Crippen LogP contribution in [0.25, 0.3) is 22.0 Å². The van der Waals surface area contributed by atoms with Crippen LogP contribution in [0.15, 0.2) is 36.8 Å². The molecule has 0 radical (unpaired) electrons. The van der Waals surface area contributed by atoms with Crippen LogP contribution in [-0.2, 0) is 13.1 Å². The molecular weight excluding hydrogens is 453 g/mol. The SMILES string of the molecule is COc1cnc(C(=O)N2CCn3nc4c(Cl)c(Cl)cc(-c5ccc(N)nc5)c4c3C2)nc1. The number of nitrogens with zero attached hydrogens (tertiary/aromatic N) is 6. The molecule has 1 aromatic carbocycles. The number of nitrogens with two attached hydrogens (primary N) is 1. The number of hydrogen-bond acceptors (Lipinski definition) is 7. The van der Waals surface area contributed by atoms with Crippen molar-refractivity contribution in [3.8, 4) is 16.9 Å². The fourth-order valence-electron chi connectivity index (χ4n) is 3.77. The summed E-state index contributed by atoms with van der Waals surface area (Å²) in [6.45, 7) is 1.27. The van der Waals surface area contributed by atoms with Crippen LogP contribution in [0.2, 0.25) is 10.0 Å². The van der Waals surface area contributed by atoms with E-state index in [0.29, 0.717) is 46.8 Å². The molecule has 0 saturated heterocycles. The predicted octanol–water partition coefficient (Wildman–Crippen LogP) is 3.44. The summed E-state index contributed by atoms with van der Waals surface area (Å²) in [4.78, 5) is 27.2. The molecule has 0 aliphatic carbocycles. The summed E-state index contributed by atoms with van der Waals surface area (Å²) < 4.78 is 6.93. The van der Waals surface area contributed by atoms with E-state index in [-0.39, 0.29) is 11.7 Å². The van der Waals surface area contributed by atoms with Gasteiger partial charge in [-0.1, -0.05) is 23.2 Å². The first-order valence-corrected chi connectivity index (χ1v) is 10.5. The summed E-state index contributed by atoms with van der Waals surface area (Å²) >= 11 is 12.9. The number of pyridine rings is 1. The molecule has 0 unspecified atom stereocenters. The largest absolute Gasteiger partial charge is 0.494 e. The second-order valence-corrected chi connectivity index (χ2v) is 8.04. The first kappa shape index (κ1) is 20.5. The lowest BCUT2D eigenvalue weighted by molar-refractivity contribution is 0.0694. The number of aromatic nitrogens is 5. The molecule has 0 bridgehead atoms. The lowest BCUT2D eigenvalue weighted by atomic mass is 10.0. The van der Waals surface area contributed by atoms with Crippen molar-refractivity contribution < 1.29 is 9.53 Å². The van der Waals surface area contributed by atoms with Crippen molar-refractivity contribution in [2.45, 2.75) is 13.1 Å². The zero-order valence-corrected chi connectivity index (χ0v) is 18.4. The van der Waals surface area contributed by atoms with Crippen LogP contribution in [0, 0.1) is 0 Å². The molecule has 3 aromatic heterocycles. The summed E-state index contributed by atoms with van der Waals surface area (Å²) in [5, 5.41) is 6.25. The van der Waals surface area contributed by atoms with Gasteiger partial charge >= 0.3 is 0 Å². The maximum absolute atomic E-state index is 13.0. The predicted molar refractivity (Wildman–Crippen MR) is 121 cm³/mol. The molecule has 1 aliphatic heterocycles. The molecule has 1 amide bonds. The Morgan fingerprint density at radius 3 is 2.59 bits per heavy atom. The normalized spacial score (nSPS) is 13.3. The minimum atomic E-state index is -0.274. The lowest BCUT2D eigenvalue weighted by Gasteiger charge is -2.27. The molecule has 32 heavy (non-hydrogen) atoms. The highest BCUT2D eigenvalue weighted by molar-refractivity contribution is 6.45. The Morgan fingerprint density at radius 1 is 1.12 bits per heavy atom. The monoisotopic (exact) mass is 469 g/mol. The zero-order valence-electron chi connectivity index (χ0n) is 16.9. The maximum atomic E-state index is 13.0. The summed E-state index contributed by atoms with van der Waals surface area (Å²) in [6, 6.07) is 5.37. The summed E-state index contributed by atoms with van der Waals surface area (Å²) in [5.74, 6) is 0.729. The molecule has 2 N–H and O–H groups in total. The Hall–Kier alpha value is -3.43. The number of amides is 1. The van der Waals surface area contributed by atoms with Gasteiger partial charge < -0.3 is 15.4 Å². The van der Waals surface area contributed by atoms with Crippen molar-refractivity contribution in [2.24, 2.45) is 0 Å². The third kappa shape index (κ3) is 3.39. The number of carbonyl (C=O) groups excluding carboxylic acids is 1. The smallest absolute Gasteiger partial charge is 0.292 e. The van der Waals surface area contributed by atoms with Crippen LogP contribution in [0.1, 0.15) is 16.3 Å². The number of nitrogen functional groups attached to an aromatic ring is 1. The van der Waals surface area contributed by atoms with Crippen LogP contribution >= 0.6 is 23.2 Å². The van der Waals surface area contributed by atoms with Crippen molar-refractivity contribution in [1.29, 1.82) is 0 Å². The van der Waals surface area contributed by atoms with E-state index in [9.17, 15) is 4.79 Å². The number of methoxy groups -OCH3 is 1. The van der Waals surface area contributed by atoms with Crippen LogP contribution in [0.5, 0.6) is 5.75 Å². The molecule has 11 heteroatoms. The van der Waals surface area contributed by atoms with E-state index in [1.807, 2.05) is 10.7 Å². The second-order valence-electron chi connectivity index (χ2n) is 7.26. The Labute approximate surface area is 192 Å². The standard InChI is InChI=1S/C21H17Cl2N7O2/c1-32-12-8-26-20(27-9-12)21(31)29-4-5-30-15(10-29)17-13(11-2-3-16(24)25-7-11)6-14(22)18(23)19(17)28-30/h2-3,6-9H,4-5,10H2,1H3,(H2,24,25). The number of halogens is 2. The number of fused-ring (bicyclic) bond motifs is 3. The Bertz CT molecular complexity index is 1340. The number of carbonyl (C=O) groups is 1. The van der Waals surface area contributed by atoms with E-state index in [1.165, 1.54) is 19.5 Å². The van der Waals surface area contributed by atoms with Gasteiger partial charge in [0.15, 0.2) is 5.75 Å². The highest BCUT2D eigenvalue weighted by Crippen LogP contribution is 2.40. The van der Waals surface area contributed by atoms with Crippen molar-refractivity contribution in [2.75, 3.05) is 19.4 Å². The average Bonchev–Trinajstić information content (AvgIpc) is 3.21. The minimum absolute atomic E-state index is 0.104. The van der Waals surface area contributed by atoms with Crippen LogP contribution in [0.3, 0.4) is 0 Å². The third-order valence-corrected chi connectivity index (χ3v) is 6.16. The van der Waals surface area contributed by atoms with E-state index < -0.39 is 0 Å².